The Bertz CT molecular complexity index is 843. The number of benzene rings is 1. The van der Waals surface area contributed by atoms with Gasteiger partial charge in [-0.3, -0.25) is 14.7 Å². The number of amides is 1. The zero-order chi connectivity index (χ0) is 21.6. The maximum Gasteiger partial charge on any atom is 0.222 e. The quantitative estimate of drug-likeness (QED) is 0.426. The van der Waals surface area contributed by atoms with Crippen molar-refractivity contribution in [1.29, 1.82) is 0 Å². The van der Waals surface area contributed by atoms with Crippen LogP contribution in [-0.4, -0.2) is 75.0 Å². The molecule has 0 spiro atoms. The molecule has 3 N–H and O–H groups in total. The lowest BCUT2D eigenvalue weighted by Gasteiger charge is -2.21. The van der Waals surface area contributed by atoms with Gasteiger partial charge in [-0.15, -0.1) is 0 Å². The van der Waals surface area contributed by atoms with Crippen LogP contribution in [0.25, 0.3) is 0 Å². The van der Waals surface area contributed by atoms with Crippen LogP contribution in [0.5, 0.6) is 0 Å². The highest BCUT2D eigenvalue weighted by Crippen LogP contribution is 2.20. The first-order valence-corrected chi connectivity index (χ1v) is 12.4. The predicted octanol–water partition coefficient (Wildman–Crippen LogP) is 0.508. The summed E-state index contributed by atoms with van der Waals surface area (Å²) in [7, 11) is -1.26. The van der Waals surface area contributed by atoms with Crippen molar-refractivity contribution in [2.24, 2.45) is 4.99 Å². The molecule has 0 saturated carbocycles. The Morgan fingerprint density at radius 1 is 1.20 bits per heavy atom. The number of carbonyl (C=O) groups excluding carboxylic acids is 1. The molecule has 2 heterocycles. The Labute approximate surface area is 179 Å². The molecule has 3 rings (SSSR count). The smallest absolute Gasteiger partial charge is 0.222 e. The molecule has 0 aromatic heterocycles. The molecule has 0 aliphatic carbocycles. The monoisotopic (exact) mass is 435 g/mol. The van der Waals surface area contributed by atoms with Crippen LogP contribution in [0.4, 0.5) is 0 Å². The van der Waals surface area contributed by atoms with E-state index in [2.05, 4.69) is 57.0 Å². The van der Waals surface area contributed by atoms with Crippen LogP contribution in [0, 0.1) is 0 Å². The van der Waals surface area contributed by atoms with E-state index < -0.39 is 9.84 Å². The molecule has 166 valence electrons. The number of likely N-dealkylation sites (tertiary alicyclic amines) is 1. The van der Waals surface area contributed by atoms with Gasteiger partial charge in [-0.2, -0.15) is 0 Å². The molecule has 3 unspecified atom stereocenters. The highest BCUT2D eigenvalue weighted by Gasteiger charge is 2.30. The molecular weight excluding hydrogens is 402 g/mol. The summed E-state index contributed by atoms with van der Waals surface area (Å²) in [6.45, 7) is 4.56. The number of carbonyl (C=O) groups is 1. The number of nitrogens with one attached hydrogen (secondary N) is 3. The van der Waals surface area contributed by atoms with Gasteiger partial charge in [0.05, 0.1) is 11.5 Å². The molecule has 2 fully saturated rings. The Morgan fingerprint density at radius 3 is 2.63 bits per heavy atom. The van der Waals surface area contributed by atoms with Crippen molar-refractivity contribution in [3.63, 3.8) is 0 Å². The van der Waals surface area contributed by atoms with Gasteiger partial charge in [-0.05, 0) is 25.3 Å². The first-order valence-electron chi connectivity index (χ1n) is 10.6. The molecule has 2 aliphatic heterocycles. The standard InChI is InChI=1S/C21H33N5O3S/c1-16-12-19(14-26(16)13-17-6-4-3-5-7-17)25-21(22-2)23-10-8-20(27)24-18-9-11-30(28,29)15-18/h3-7,16,18-19H,8-15H2,1-2H3,(H,24,27)(H2,22,23,25). The van der Waals surface area contributed by atoms with Gasteiger partial charge in [-0.1, -0.05) is 30.3 Å². The van der Waals surface area contributed by atoms with Crippen molar-refractivity contribution in [3.8, 4) is 0 Å². The van der Waals surface area contributed by atoms with E-state index in [0.717, 1.165) is 19.5 Å². The molecule has 8 nitrogen and oxygen atoms in total. The molecule has 2 aliphatic rings. The van der Waals surface area contributed by atoms with Crippen LogP contribution < -0.4 is 16.0 Å². The molecule has 0 bridgehead atoms. The van der Waals surface area contributed by atoms with Gasteiger partial charge in [0.15, 0.2) is 15.8 Å². The van der Waals surface area contributed by atoms with Crippen LogP contribution in [0.1, 0.15) is 31.7 Å². The zero-order valence-electron chi connectivity index (χ0n) is 17.8. The molecule has 3 atom stereocenters. The maximum absolute atomic E-state index is 12.1. The molecule has 30 heavy (non-hydrogen) atoms. The predicted molar refractivity (Wildman–Crippen MR) is 119 cm³/mol. The largest absolute Gasteiger partial charge is 0.356 e. The molecule has 0 radical (unpaired) electrons. The van der Waals surface area contributed by atoms with Gasteiger partial charge in [0.2, 0.25) is 5.91 Å². The Hall–Kier alpha value is -2.13. The van der Waals surface area contributed by atoms with Crippen molar-refractivity contribution in [1.82, 2.24) is 20.9 Å². The third-order valence-corrected chi connectivity index (χ3v) is 7.51. The van der Waals surface area contributed by atoms with Crippen molar-refractivity contribution >= 4 is 21.7 Å². The van der Waals surface area contributed by atoms with Crippen LogP contribution in [0.15, 0.2) is 35.3 Å². The molecule has 2 saturated heterocycles. The fourth-order valence-electron chi connectivity index (χ4n) is 4.13. The van der Waals surface area contributed by atoms with Crippen molar-refractivity contribution < 1.29 is 13.2 Å². The number of aliphatic imine (C=N–C) groups is 1. The minimum atomic E-state index is -2.99. The Morgan fingerprint density at radius 2 is 1.97 bits per heavy atom. The second kappa shape index (κ2) is 10.3. The summed E-state index contributed by atoms with van der Waals surface area (Å²) in [5.74, 6) is 0.761. The van der Waals surface area contributed by atoms with Gasteiger partial charge in [0, 0.05) is 51.2 Å². The number of guanidine groups is 1. The Balaban J connectivity index is 1.38. The van der Waals surface area contributed by atoms with Gasteiger partial charge in [-0.25, -0.2) is 8.42 Å². The summed E-state index contributed by atoms with van der Waals surface area (Å²) in [4.78, 5) is 18.8. The molecule has 1 aromatic rings. The van der Waals surface area contributed by atoms with Crippen molar-refractivity contribution in [3.05, 3.63) is 35.9 Å². The summed E-state index contributed by atoms with van der Waals surface area (Å²) in [5.41, 5.74) is 1.31. The summed E-state index contributed by atoms with van der Waals surface area (Å²) in [5, 5.41) is 9.45. The van der Waals surface area contributed by atoms with Gasteiger partial charge in [0.25, 0.3) is 0 Å². The van der Waals surface area contributed by atoms with Gasteiger partial charge < -0.3 is 16.0 Å². The van der Waals surface area contributed by atoms with Crippen molar-refractivity contribution in [2.75, 3.05) is 31.6 Å². The van der Waals surface area contributed by atoms with E-state index in [4.69, 9.17) is 0 Å². The summed E-state index contributed by atoms with van der Waals surface area (Å²) in [6, 6.07) is 11.0. The van der Waals surface area contributed by atoms with Gasteiger partial charge >= 0.3 is 0 Å². The fourth-order valence-corrected chi connectivity index (χ4v) is 5.81. The summed E-state index contributed by atoms with van der Waals surface area (Å²) in [6.07, 6.45) is 1.81. The number of nitrogens with zero attached hydrogens (tertiary/aromatic N) is 2. The van der Waals surface area contributed by atoms with E-state index in [1.54, 1.807) is 7.05 Å². The summed E-state index contributed by atoms with van der Waals surface area (Å²) < 4.78 is 23.0. The third kappa shape index (κ3) is 6.70. The lowest BCUT2D eigenvalue weighted by molar-refractivity contribution is -0.121. The normalized spacial score (nSPS) is 26.5. The number of hydrogen-bond donors (Lipinski definition) is 3. The van der Waals surface area contributed by atoms with E-state index >= 15 is 0 Å². The minimum absolute atomic E-state index is 0.0503. The van der Waals surface area contributed by atoms with Crippen LogP contribution in [0.3, 0.4) is 0 Å². The lowest BCUT2D eigenvalue weighted by atomic mass is 10.2. The summed E-state index contributed by atoms with van der Waals surface area (Å²) >= 11 is 0. The highest BCUT2D eigenvalue weighted by atomic mass is 32.2. The minimum Gasteiger partial charge on any atom is -0.356 e. The van der Waals surface area contributed by atoms with Crippen LogP contribution in [-0.2, 0) is 21.2 Å². The van der Waals surface area contributed by atoms with Crippen molar-refractivity contribution in [2.45, 2.75) is 50.9 Å². The first-order chi connectivity index (χ1) is 14.3. The second-order valence-corrected chi connectivity index (χ2v) is 10.5. The number of hydrogen-bond acceptors (Lipinski definition) is 5. The fraction of sp³-hybridized carbons (Fsp3) is 0.619. The van der Waals surface area contributed by atoms with E-state index in [1.807, 2.05) is 6.07 Å². The Kier molecular flexibility index (Phi) is 7.71. The molecule has 1 aromatic carbocycles. The van der Waals surface area contributed by atoms with E-state index in [9.17, 15) is 13.2 Å². The average Bonchev–Trinajstić information content (AvgIpc) is 3.22. The zero-order valence-corrected chi connectivity index (χ0v) is 18.6. The topological polar surface area (TPSA) is 103 Å². The van der Waals surface area contributed by atoms with E-state index in [1.165, 1.54) is 5.56 Å². The van der Waals surface area contributed by atoms with Crippen LogP contribution >= 0.6 is 0 Å². The maximum atomic E-state index is 12.1. The lowest BCUT2D eigenvalue weighted by Crippen LogP contribution is -2.45. The average molecular weight is 436 g/mol. The first kappa shape index (κ1) is 22.6. The number of sulfone groups is 1. The second-order valence-electron chi connectivity index (χ2n) is 8.26. The van der Waals surface area contributed by atoms with Gasteiger partial charge in [0.1, 0.15) is 0 Å². The van der Waals surface area contributed by atoms with Crippen LogP contribution in [0.2, 0.25) is 0 Å². The third-order valence-electron chi connectivity index (χ3n) is 5.74. The highest BCUT2D eigenvalue weighted by molar-refractivity contribution is 7.91. The van der Waals surface area contributed by atoms with E-state index in [-0.39, 0.29) is 29.9 Å². The number of rotatable bonds is 7. The molecule has 1 amide bonds. The molecule has 9 heteroatoms. The van der Waals surface area contributed by atoms with E-state index in [0.29, 0.717) is 31.0 Å². The molecular formula is C21H33N5O3S. The SMILES string of the molecule is CN=C(NCCC(=O)NC1CCS(=O)(=O)C1)NC1CC(C)N(Cc2ccccc2)C1.